The fraction of sp³-hybridized carbons (Fsp3) is 0.250. The Hall–Kier alpha value is -2.00. The summed E-state index contributed by atoms with van der Waals surface area (Å²) in [4.78, 5) is 0. The average molecular weight is 256 g/mol. The second kappa shape index (κ2) is 4.94. The van der Waals surface area contributed by atoms with E-state index in [4.69, 9.17) is 4.74 Å². The van der Waals surface area contributed by atoms with Crippen LogP contribution in [0.5, 0.6) is 11.5 Å². The van der Waals surface area contributed by atoms with Crippen molar-refractivity contribution >= 4 is 0 Å². The molecule has 0 radical (unpaired) electrons. The lowest BCUT2D eigenvalue weighted by Gasteiger charge is -2.30. The molecule has 1 aliphatic rings. The van der Waals surface area contributed by atoms with Gasteiger partial charge in [-0.05, 0) is 24.1 Å². The number of ether oxygens (including phenoxy) is 1. The molecule has 2 aromatic carbocycles. The number of aromatic hydroxyl groups is 1. The van der Waals surface area contributed by atoms with Gasteiger partial charge in [0.2, 0.25) is 0 Å². The van der Waals surface area contributed by atoms with Crippen molar-refractivity contribution < 1.29 is 14.9 Å². The molecule has 0 aromatic heterocycles. The summed E-state index contributed by atoms with van der Waals surface area (Å²) in [5.74, 6) is 0.986. The van der Waals surface area contributed by atoms with Crippen LogP contribution in [-0.4, -0.2) is 16.8 Å². The van der Waals surface area contributed by atoms with Gasteiger partial charge < -0.3 is 14.9 Å². The molecule has 0 spiro atoms. The van der Waals surface area contributed by atoms with Gasteiger partial charge in [0.05, 0.1) is 12.7 Å². The summed E-state index contributed by atoms with van der Waals surface area (Å²) in [6, 6.07) is 14.8. The zero-order valence-corrected chi connectivity index (χ0v) is 10.5. The Balaban J connectivity index is 1.83. The number of phenolic OH excluding ortho intramolecular Hbond substituents is 1. The lowest BCUT2D eigenvalue weighted by atomic mass is 9.88. The highest BCUT2D eigenvalue weighted by Gasteiger charge is 2.29. The first-order chi connectivity index (χ1) is 9.25. The molecule has 0 saturated heterocycles. The van der Waals surface area contributed by atoms with Gasteiger partial charge in [0.25, 0.3) is 0 Å². The molecule has 1 aliphatic heterocycles. The van der Waals surface area contributed by atoms with Crippen LogP contribution in [0.2, 0.25) is 0 Å². The van der Waals surface area contributed by atoms with E-state index < -0.39 is 6.10 Å². The van der Waals surface area contributed by atoms with Crippen molar-refractivity contribution in [2.45, 2.75) is 12.5 Å². The largest absolute Gasteiger partial charge is 0.508 e. The van der Waals surface area contributed by atoms with E-state index in [1.54, 1.807) is 12.1 Å². The zero-order valence-electron chi connectivity index (χ0n) is 10.5. The van der Waals surface area contributed by atoms with Crippen molar-refractivity contribution in [3.8, 4) is 11.5 Å². The van der Waals surface area contributed by atoms with Crippen LogP contribution >= 0.6 is 0 Å². The van der Waals surface area contributed by atoms with Crippen LogP contribution in [-0.2, 0) is 6.42 Å². The number of hydrogen-bond acceptors (Lipinski definition) is 3. The highest BCUT2D eigenvalue weighted by Crippen LogP contribution is 2.37. The van der Waals surface area contributed by atoms with Gasteiger partial charge in [-0.15, -0.1) is 0 Å². The molecule has 2 atom stereocenters. The van der Waals surface area contributed by atoms with E-state index in [0.29, 0.717) is 13.0 Å². The fourth-order valence-corrected chi connectivity index (χ4v) is 2.53. The highest BCUT2D eigenvalue weighted by molar-refractivity contribution is 5.38. The van der Waals surface area contributed by atoms with Crippen LogP contribution in [0.15, 0.2) is 48.5 Å². The smallest absolute Gasteiger partial charge is 0.125 e. The summed E-state index contributed by atoms with van der Waals surface area (Å²) < 4.78 is 5.68. The predicted octanol–water partition coefficient (Wildman–Crippen LogP) is 2.68. The van der Waals surface area contributed by atoms with Crippen LogP contribution in [0.1, 0.15) is 17.2 Å². The molecule has 2 aromatic rings. The standard InChI is InChI=1S/C16H16O3/c17-14-7-3-1-5-11(14)9-12-10-19-15-8-4-2-6-13(15)16(12)18/h1-8,12,16-18H,9-10H2/t12-,16-/m1/s1. The van der Waals surface area contributed by atoms with Crippen LogP contribution in [0.4, 0.5) is 0 Å². The van der Waals surface area contributed by atoms with Gasteiger partial charge in [-0.25, -0.2) is 0 Å². The molecule has 0 saturated carbocycles. The summed E-state index contributed by atoms with van der Waals surface area (Å²) in [5.41, 5.74) is 1.67. The second-order valence-electron chi connectivity index (χ2n) is 4.89. The summed E-state index contributed by atoms with van der Waals surface area (Å²) >= 11 is 0. The molecule has 0 bridgehead atoms. The number of aliphatic hydroxyl groups is 1. The summed E-state index contributed by atoms with van der Waals surface area (Å²) in [5, 5.41) is 20.2. The molecule has 1 heterocycles. The van der Waals surface area contributed by atoms with Crippen LogP contribution in [0.25, 0.3) is 0 Å². The first kappa shape index (κ1) is 12.1. The molecular weight excluding hydrogens is 240 g/mol. The number of phenols is 1. The molecule has 0 unspecified atom stereocenters. The molecular formula is C16H16O3. The quantitative estimate of drug-likeness (QED) is 0.868. The highest BCUT2D eigenvalue weighted by atomic mass is 16.5. The monoisotopic (exact) mass is 256 g/mol. The van der Waals surface area contributed by atoms with E-state index in [9.17, 15) is 10.2 Å². The second-order valence-corrected chi connectivity index (χ2v) is 4.89. The summed E-state index contributed by atoms with van der Waals surface area (Å²) in [6.07, 6.45) is 0.0480. The van der Waals surface area contributed by atoms with Gasteiger partial charge in [0.1, 0.15) is 11.5 Å². The van der Waals surface area contributed by atoms with E-state index in [-0.39, 0.29) is 11.7 Å². The molecule has 3 rings (SSSR count). The van der Waals surface area contributed by atoms with E-state index in [1.165, 1.54) is 0 Å². The average Bonchev–Trinajstić information content (AvgIpc) is 2.44. The Labute approximate surface area is 112 Å². The number of benzene rings is 2. The lowest BCUT2D eigenvalue weighted by Crippen LogP contribution is -2.27. The number of rotatable bonds is 2. The van der Waals surface area contributed by atoms with Gasteiger partial charge >= 0.3 is 0 Å². The van der Waals surface area contributed by atoms with E-state index >= 15 is 0 Å². The summed E-state index contributed by atoms with van der Waals surface area (Å²) in [7, 11) is 0. The van der Waals surface area contributed by atoms with Gasteiger partial charge in [0.15, 0.2) is 0 Å². The van der Waals surface area contributed by atoms with Crippen molar-refractivity contribution in [2.24, 2.45) is 5.92 Å². The van der Waals surface area contributed by atoms with Crippen LogP contribution in [0, 0.1) is 5.92 Å². The molecule has 0 fully saturated rings. The third kappa shape index (κ3) is 2.29. The van der Waals surface area contributed by atoms with E-state index in [0.717, 1.165) is 16.9 Å². The maximum absolute atomic E-state index is 10.4. The van der Waals surface area contributed by atoms with Crippen molar-refractivity contribution in [3.63, 3.8) is 0 Å². The molecule has 3 nitrogen and oxygen atoms in total. The van der Waals surface area contributed by atoms with Crippen molar-refractivity contribution in [1.29, 1.82) is 0 Å². The number of para-hydroxylation sites is 2. The third-order valence-electron chi connectivity index (χ3n) is 3.61. The van der Waals surface area contributed by atoms with Crippen LogP contribution < -0.4 is 4.74 Å². The molecule has 0 aliphatic carbocycles. The Bertz CT molecular complexity index is 580. The number of hydrogen-bond donors (Lipinski definition) is 2. The van der Waals surface area contributed by atoms with Crippen molar-refractivity contribution in [3.05, 3.63) is 59.7 Å². The molecule has 19 heavy (non-hydrogen) atoms. The topological polar surface area (TPSA) is 49.7 Å². The first-order valence-corrected chi connectivity index (χ1v) is 6.42. The Kier molecular flexibility index (Phi) is 3.13. The Morgan fingerprint density at radius 1 is 1.05 bits per heavy atom. The predicted molar refractivity (Wildman–Crippen MR) is 72.2 cm³/mol. The Morgan fingerprint density at radius 2 is 1.79 bits per heavy atom. The maximum atomic E-state index is 10.4. The van der Waals surface area contributed by atoms with Gasteiger partial charge in [-0.1, -0.05) is 36.4 Å². The molecule has 2 N–H and O–H groups in total. The van der Waals surface area contributed by atoms with Crippen molar-refractivity contribution in [2.75, 3.05) is 6.61 Å². The minimum Gasteiger partial charge on any atom is -0.508 e. The molecule has 0 amide bonds. The van der Waals surface area contributed by atoms with Crippen LogP contribution in [0.3, 0.4) is 0 Å². The minimum absolute atomic E-state index is 0.0387. The zero-order chi connectivity index (χ0) is 13.2. The fourth-order valence-electron chi connectivity index (χ4n) is 2.53. The Morgan fingerprint density at radius 3 is 2.63 bits per heavy atom. The van der Waals surface area contributed by atoms with Crippen molar-refractivity contribution in [1.82, 2.24) is 0 Å². The maximum Gasteiger partial charge on any atom is 0.125 e. The SMILES string of the molecule is Oc1ccccc1C[C@@H]1COc2ccccc2[C@@H]1O. The van der Waals surface area contributed by atoms with Gasteiger partial charge in [0, 0.05) is 11.5 Å². The van der Waals surface area contributed by atoms with Gasteiger partial charge in [-0.2, -0.15) is 0 Å². The minimum atomic E-state index is -0.551. The van der Waals surface area contributed by atoms with E-state index in [2.05, 4.69) is 0 Å². The normalized spacial score (nSPS) is 21.5. The summed E-state index contributed by atoms with van der Waals surface area (Å²) in [6.45, 7) is 0.465. The number of aliphatic hydroxyl groups excluding tert-OH is 1. The first-order valence-electron chi connectivity index (χ1n) is 6.42. The molecule has 3 heteroatoms. The van der Waals surface area contributed by atoms with E-state index in [1.807, 2.05) is 36.4 Å². The molecule has 98 valence electrons. The third-order valence-corrected chi connectivity index (χ3v) is 3.61. The lowest BCUT2D eigenvalue weighted by molar-refractivity contribution is 0.0505. The number of fused-ring (bicyclic) bond motifs is 1. The van der Waals surface area contributed by atoms with Gasteiger partial charge in [-0.3, -0.25) is 0 Å².